The lowest BCUT2D eigenvalue weighted by Gasteiger charge is -2.13. The summed E-state index contributed by atoms with van der Waals surface area (Å²) in [7, 11) is 0. The summed E-state index contributed by atoms with van der Waals surface area (Å²) in [5.41, 5.74) is -1.92. The molecule has 36 heavy (non-hydrogen) atoms. The van der Waals surface area contributed by atoms with Gasteiger partial charge in [0.05, 0.1) is 34.1 Å². The molecule has 0 fully saturated rings. The number of nitrogens with zero attached hydrogens (tertiary/aromatic N) is 1. The minimum Gasteiger partial charge on any atom is -0.343 e. The van der Waals surface area contributed by atoms with Gasteiger partial charge in [-0.05, 0) is 42.5 Å². The molecule has 0 aliphatic heterocycles. The highest BCUT2D eigenvalue weighted by atomic mass is 19.4. The number of H-pyrrole nitrogens is 2. The SMILES string of the molecule is O=C(CNC(=O)c1cccnc1Nc1cccc(C(F)(F)F)c1)Nc1cccc2c(=O)[nH][nH]c(=O)c12. The molecule has 0 radical (unpaired) electrons. The lowest BCUT2D eigenvalue weighted by molar-refractivity contribution is -0.137. The Bertz CT molecular complexity index is 1580. The van der Waals surface area contributed by atoms with Gasteiger partial charge in [0, 0.05) is 11.9 Å². The third-order valence-electron chi connectivity index (χ3n) is 5.01. The Morgan fingerprint density at radius 2 is 1.69 bits per heavy atom. The highest BCUT2D eigenvalue weighted by Crippen LogP contribution is 2.31. The summed E-state index contributed by atoms with van der Waals surface area (Å²) < 4.78 is 39.0. The maximum atomic E-state index is 13.0. The molecule has 2 aromatic heterocycles. The standard InChI is InChI=1S/C23H17F3N6O4/c24-23(25,26)12-4-1-5-13(10-12)29-19-15(7-3-9-27-19)20(34)28-11-17(33)30-16-8-2-6-14-18(16)22(36)32-31-21(14)35/h1-10H,11H2,(H,27,29)(H,28,34)(H,30,33)(H,31,35)(H,32,36). The molecule has 0 spiro atoms. The number of halogens is 3. The third kappa shape index (κ3) is 5.24. The van der Waals surface area contributed by atoms with Crippen LogP contribution in [0.25, 0.3) is 10.8 Å². The van der Waals surface area contributed by atoms with Crippen LogP contribution in [0.4, 0.5) is 30.4 Å². The Kier molecular flexibility index (Phi) is 6.54. The largest absolute Gasteiger partial charge is 0.416 e. The summed E-state index contributed by atoms with van der Waals surface area (Å²) in [5, 5.41) is 11.9. The lowest BCUT2D eigenvalue weighted by Crippen LogP contribution is -2.33. The highest BCUT2D eigenvalue weighted by molar-refractivity contribution is 6.05. The van der Waals surface area contributed by atoms with E-state index in [1.165, 1.54) is 48.7 Å². The molecule has 0 unspecified atom stereocenters. The molecule has 0 bridgehead atoms. The number of hydrogen-bond acceptors (Lipinski definition) is 6. The van der Waals surface area contributed by atoms with E-state index >= 15 is 0 Å². The summed E-state index contributed by atoms with van der Waals surface area (Å²) in [5.74, 6) is -1.43. The van der Waals surface area contributed by atoms with Crippen molar-refractivity contribution in [3.8, 4) is 0 Å². The molecule has 0 atom stereocenters. The van der Waals surface area contributed by atoms with Gasteiger partial charge in [-0.15, -0.1) is 0 Å². The fourth-order valence-corrected chi connectivity index (χ4v) is 3.38. The van der Waals surface area contributed by atoms with Crippen molar-refractivity contribution in [2.24, 2.45) is 0 Å². The topological polar surface area (TPSA) is 149 Å². The number of benzene rings is 2. The van der Waals surface area contributed by atoms with E-state index in [-0.39, 0.29) is 33.5 Å². The predicted octanol–water partition coefficient (Wildman–Crippen LogP) is 2.74. The van der Waals surface area contributed by atoms with Crippen LogP contribution in [0, 0.1) is 0 Å². The number of pyridine rings is 1. The van der Waals surface area contributed by atoms with Crippen molar-refractivity contribution in [1.29, 1.82) is 0 Å². The summed E-state index contributed by atoms with van der Waals surface area (Å²) in [6, 6.07) is 11.5. The van der Waals surface area contributed by atoms with Crippen LogP contribution in [0.1, 0.15) is 15.9 Å². The van der Waals surface area contributed by atoms with Gasteiger partial charge in [0.1, 0.15) is 5.82 Å². The Morgan fingerprint density at radius 1 is 0.944 bits per heavy atom. The number of alkyl halides is 3. The van der Waals surface area contributed by atoms with Gasteiger partial charge in [-0.2, -0.15) is 13.2 Å². The van der Waals surface area contributed by atoms with Crippen molar-refractivity contribution in [2.75, 3.05) is 17.2 Å². The van der Waals surface area contributed by atoms with Crippen molar-refractivity contribution in [3.63, 3.8) is 0 Å². The van der Waals surface area contributed by atoms with Crippen LogP contribution in [0.5, 0.6) is 0 Å². The van der Waals surface area contributed by atoms with E-state index in [1.54, 1.807) is 0 Å². The van der Waals surface area contributed by atoms with Crippen molar-refractivity contribution in [1.82, 2.24) is 20.5 Å². The Hall–Kier alpha value is -4.94. The van der Waals surface area contributed by atoms with Crippen molar-refractivity contribution in [3.05, 3.63) is 92.6 Å². The first-order valence-electron chi connectivity index (χ1n) is 10.3. The van der Waals surface area contributed by atoms with Crippen LogP contribution >= 0.6 is 0 Å². The van der Waals surface area contributed by atoms with E-state index in [0.29, 0.717) is 0 Å². The minimum absolute atomic E-state index is 0.0177. The lowest BCUT2D eigenvalue weighted by atomic mass is 10.1. The number of anilines is 3. The molecule has 4 rings (SSSR count). The van der Waals surface area contributed by atoms with Crippen LogP contribution in [0.15, 0.2) is 70.4 Å². The van der Waals surface area contributed by atoms with Crippen LogP contribution in [-0.4, -0.2) is 33.5 Å². The van der Waals surface area contributed by atoms with E-state index in [4.69, 9.17) is 0 Å². The van der Waals surface area contributed by atoms with E-state index in [9.17, 15) is 32.3 Å². The maximum absolute atomic E-state index is 13.0. The number of hydrogen-bond donors (Lipinski definition) is 5. The Labute approximate surface area is 199 Å². The normalized spacial score (nSPS) is 11.2. The van der Waals surface area contributed by atoms with Crippen LogP contribution in [0.3, 0.4) is 0 Å². The van der Waals surface area contributed by atoms with E-state index in [2.05, 4.69) is 31.1 Å². The zero-order valence-corrected chi connectivity index (χ0v) is 18.2. The number of rotatable bonds is 6. The van der Waals surface area contributed by atoms with Gasteiger partial charge in [-0.3, -0.25) is 29.4 Å². The molecular formula is C23H17F3N6O4. The van der Waals surface area contributed by atoms with Crippen molar-refractivity contribution in [2.45, 2.75) is 6.18 Å². The fourth-order valence-electron chi connectivity index (χ4n) is 3.38. The number of amides is 2. The molecule has 10 nitrogen and oxygen atoms in total. The summed E-state index contributed by atoms with van der Waals surface area (Å²) in [6.45, 7) is -0.506. The number of aromatic amines is 2. The molecule has 0 saturated heterocycles. The molecular weight excluding hydrogens is 481 g/mol. The molecule has 0 saturated carbocycles. The molecule has 0 aliphatic rings. The van der Waals surface area contributed by atoms with Gasteiger partial charge in [-0.1, -0.05) is 12.1 Å². The number of aromatic nitrogens is 3. The Balaban J connectivity index is 1.47. The quantitative estimate of drug-likeness (QED) is 0.276. The van der Waals surface area contributed by atoms with E-state index < -0.39 is 41.2 Å². The van der Waals surface area contributed by atoms with Gasteiger partial charge in [0.2, 0.25) is 5.91 Å². The predicted molar refractivity (Wildman–Crippen MR) is 125 cm³/mol. The van der Waals surface area contributed by atoms with Gasteiger partial charge in [0.25, 0.3) is 17.0 Å². The molecule has 2 heterocycles. The first kappa shape index (κ1) is 24.2. The van der Waals surface area contributed by atoms with Crippen molar-refractivity contribution < 1.29 is 22.8 Å². The summed E-state index contributed by atoms with van der Waals surface area (Å²) >= 11 is 0. The van der Waals surface area contributed by atoms with Crippen LogP contribution in [-0.2, 0) is 11.0 Å². The molecule has 184 valence electrons. The molecule has 0 aliphatic carbocycles. The fraction of sp³-hybridized carbons (Fsp3) is 0.0870. The molecule has 5 N–H and O–H groups in total. The number of nitrogens with one attached hydrogen (secondary N) is 5. The molecule has 2 aromatic carbocycles. The Morgan fingerprint density at radius 3 is 2.47 bits per heavy atom. The smallest absolute Gasteiger partial charge is 0.343 e. The second-order valence-corrected chi connectivity index (χ2v) is 7.47. The zero-order valence-electron chi connectivity index (χ0n) is 18.2. The zero-order chi connectivity index (χ0) is 25.9. The second kappa shape index (κ2) is 9.74. The van der Waals surface area contributed by atoms with Crippen LogP contribution < -0.4 is 27.1 Å². The number of fused-ring (bicyclic) bond motifs is 1. The van der Waals surface area contributed by atoms with Gasteiger partial charge in [-0.25, -0.2) is 4.98 Å². The first-order valence-corrected chi connectivity index (χ1v) is 10.3. The monoisotopic (exact) mass is 498 g/mol. The third-order valence-corrected chi connectivity index (χ3v) is 5.01. The van der Waals surface area contributed by atoms with E-state index in [1.807, 2.05) is 0 Å². The van der Waals surface area contributed by atoms with Gasteiger partial charge >= 0.3 is 6.18 Å². The van der Waals surface area contributed by atoms with Crippen molar-refractivity contribution >= 4 is 39.8 Å². The average Bonchev–Trinajstić information content (AvgIpc) is 2.85. The highest BCUT2D eigenvalue weighted by Gasteiger charge is 2.30. The van der Waals surface area contributed by atoms with Crippen LogP contribution in [0.2, 0.25) is 0 Å². The van der Waals surface area contributed by atoms with Gasteiger partial charge < -0.3 is 16.0 Å². The molecule has 13 heteroatoms. The molecule has 4 aromatic rings. The first-order chi connectivity index (χ1) is 17.1. The average molecular weight is 498 g/mol. The second-order valence-electron chi connectivity index (χ2n) is 7.47. The number of carbonyl (C=O) groups is 2. The maximum Gasteiger partial charge on any atom is 0.416 e. The number of carbonyl (C=O) groups excluding carboxylic acids is 2. The van der Waals surface area contributed by atoms with Gasteiger partial charge in [0.15, 0.2) is 0 Å². The summed E-state index contributed by atoms with van der Waals surface area (Å²) in [6.07, 6.45) is -3.20. The molecule has 2 amide bonds. The summed E-state index contributed by atoms with van der Waals surface area (Å²) in [4.78, 5) is 53.2. The minimum atomic E-state index is -4.54. The van der Waals surface area contributed by atoms with E-state index in [0.717, 1.165) is 12.1 Å².